The molecule has 9 heteroatoms. The molecule has 0 bridgehead atoms. The molecule has 0 saturated carbocycles. The first-order valence-electron chi connectivity index (χ1n) is 11.7. The Kier molecular flexibility index (Phi) is 6.96. The van der Waals surface area contributed by atoms with Crippen LogP contribution in [0.5, 0.6) is 0 Å². The van der Waals surface area contributed by atoms with E-state index >= 15 is 0 Å². The number of likely N-dealkylation sites (tertiary alicyclic amines) is 1. The van der Waals surface area contributed by atoms with Gasteiger partial charge in [-0.05, 0) is 73.4 Å². The van der Waals surface area contributed by atoms with Gasteiger partial charge in [0.25, 0.3) is 0 Å². The lowest BCUT2D eigenvalue weighted by molar-refractivity contribution is -0.152. The van der Waals surface area contributed by atoms with Gasteiger partial charge in [-0.1, -0.05) is 6.07 Å². The van der Waals surface area contributed by atoms with E-state index in [4.69, 9.17) is 9.72 Å². The quantitative estimate of drug-likeness (QED) is 0.649. The normalized spacial score (nSPS) is 16.3. The average molecular weight is 472 g/mol. The van der Waals surface area contributed by atoms with E-state index in [0.29, 0.717) is 37.4 Å². The van der Waals surface area contributed by atoms with E-state index in [1.165, 1.54) is 0 Å². The topological polar surface area (TPSA) is 110 Å². The zero-order valence-corrected chi connectivity index (χ0v) is 21.3. The van der Waals surface area contributed by atoms with Gasteiger partial charge in [0.2, 0.25) is 0 Å². The van der Waals surface area contributed by atoms with Crippen LogP contribution < -0.4 is 5.32 Å². The lowest BCUT2D eigenvalue weighted by atomic mass is 9.75. The van der Waals surface area contributed by atoms with Crippen molar-refractivity contribution in [1.82, 2.24) is 19.7 Å². The van der Waals surface area contributed by atoms with Gasteiger partial charge < -0.3 is 20.1 Å². The number of rotatable bonds is 5. The number of aromatic nitrogens is 3. The molecule has 1 fully saturated rings. The molecule has 0 spiro atoms. The molecule has 2 aromatic rings. The van der Waals surface area contributed by atoms with Crippen molar-refractivity contribution in [2.24, 2.45) is 5.41 Å². The van der Waals surface area contributed by atoms with Gasteiger partial charge in [-0.2, -0.15) is 5.10 Å². The van der Waals surface area contributed by atoms with Crippen molar-refractivity contribution in [3.05, 3.63) is 35.7 Å². The van der Waals surface area contributed by atoms with Gasteiger partial charge in [-0.15, -0.1) is 0 Å². The third-order valence-electron chi connectivity index (χ3n) is 5.88. The van der Waals surface area contributed by atoms with E-state index in [0.717, 1.165) is 11.5 Å². The Balaban J connectivity index is 1.74. The molecule has 1 saturated heterocycles. The smallest absolute Gasteiger partial charge is 0.410 e. The maximum atomic E-state index is 12.4. The molecule has 0 aliphatic carbocycles. The maximum Gasteiger partial charge on any atom is 0.410 e. The molecule has 1 amide bonds. The molecule has 2 aromatic heterocycles. The van der Waals surface area contributed by atoms with Crippen molar-refractivity contribution in [2.75, 3.05) is 18.4 Å². The third-order valence-corrected chi connectivity index (χ3v) is 5.88. The van der Waals surface area contributed by atoms with Gasteiger partial charge in [0.1, 0.15) is 17.2 Å². The van der Waals surface area contributed by atoms with Gasteiger partial charge >= 0.3 is 12.1 Å². The zero-order valence-electron chi connectivity index (χ0n) is 21.3. The molecule has 0 radical (unpaired) electrons. The number of aryl methyl sites for hydroxylation is 1. The Labute approximate surface area is 201 Å². The number of anilines is 2. The summed E-state index contributed by atoms with van der Waals surface area (Å²) < 4.78 is 7.36. The van der Waals surface area contributed by atoms with Crippen LogP contribution in [0.15, 0.2) is 24.3 Å². The van der Waals surface area contributed by atoms with E-state index < -0.39 is 23.1 Å². The molecule has 0 unspecified atom stereocenters. The number of hydrogen-bond acceptors (Lipinski definition) is 6. The van der Waals surface area contributed by atoms with E-state index in [-0.39, 0.29) is 12.0 Å². The van der Waals surface area contributed by atoms with E-state index in [9.17, 15) is 14.7 Å². The van der Waals surface area contributed by atoms with Crippen LogP contribution in [0.4, 0.5) is 16.4 Å². The minimum absolute atomic E-state index is 0.205. The summed E-state index contributed by atoms with van der Waals surface area (Å²) in [6.45, 7) is 14.3. The Morgan fingerprint density at radius 1 is 1.15 bits per heavy atom. The fraction of sp³-hybridized carbons (Fsp3) is 0.600. The first kappa shape index (κ1) is 25.5. The van der Waals surface area contributed by atoms with Crippen molar-refractivity contribution in [3.63, 3.8) is 0 Å². The SMILES string of the molecule is Cc1cc(Nc2cccc(CC3(C(=O)O)CCN(C(=O)OC(C)(C)C)CC3)n2)n(C(C)(C)C)n1. The molecule has 2 N–H and O–H groups in total. The van der Waals surface area contributed by atoms with Crippen LogP contribution in [-0.2, 0) is 21.5 Å². The van der Waals surface area contributed by atoms with E-state index in [1.54, 1.807) is 4.90 Å². The first-order chi connectivity index (χ1) is 15.7. The van der Waals surface area contributed by atoms with Crippen LogP contribution in [0.2, 0.25) is 0 Å². The largest absolute Gasteiger partial charge is 0.481 e. The molecule has 9 nitrogen and oxygen atoms in total. The fourth-order valence-corrected chi connectivity index (χ4v) is 4.14. The number of carboxylic acids is 1. The molecule has 1 aliphatic rings. The Bertz CT molecular complexity index is 1040. The van der Waals surface area contributed by atoms with Crippen molar-refractivity contribution in [2.45, 2.75) is 78.9 Å². The number of carbonyl (C=O) groups is 2. The number of pyridine rings is 1. The van der Waals surface area contributed by atoms with Crippen LogP contribution in [0.3, 0.4) is 0 Å². The zero-order chi connectivity index (χ0) is 25.3. The minimum Gasteiger partial charge on any atom is -0.481 e. The predicted molar refractivity (Wildman–Crippen MR) is 130 cm³/mol. The molecule has 0 atom stereocenters. The van der Waals surface area contributed by atoms with Crippen LogP contribution in [0, 0.1) is 12.3 Å². The van der Waals surface area contributed by atoms with Crippen molar-refractivity contribution < 1.29 is 19.4 Å². The number of aliphatic carboxylic acids is 1. The van der Waals surface area contributed by atoms with Crippen LogP contribution in [0.1, 0.15) is 65.8 Å². The molecule has 1 aliphatic heterocycles. The summed E-state index contributed by atoms with van der Waals surface area (Å²) in [7, 11) is 0. The summed E-state index contributed by atoms with van der Waals surface area (Å²) in [5, 5.41) is 18.0. The lowest BCUT2D eigenvalue weighted by Crippen LogP contribution is -2.48. The Morgan fingerprint density at radius 3 is 2.35 bits per heavy atom. The van der Waals surface area contributed by atoms with Gasteiger partial charge in [-0.25, -0.2) is 14.5 Å². The van der Waals surface area contributed by atoms with Gasteiger partial charge in [0, 0.05) is 31.3 Å². The summed E-state index contributed by atoms with van der Waals surface area (Å²) in [4.78, 5) is 31.0. The van der Waals surface area contributed by atoms with E-state index in [1.807, 2.05) is 56.6 Å². The van der Waals surface area contributed by atoms with E-state index in [2.05, 4.69) is 31.2 Å². The molecule has 186 valence electrons. The molecule has 3 heterocycles. The Hall–Kier alpha value is -3.10. The number of piperidine rings is 1. The van der Waals surface area contributed by atoms with Crippen LogP contribution >= 0.6 is 0 Å². The summed E-state index contributed by atoms with van der Waals surface area (Å²) in [6.07, 6.45) is 0.576. The fourth-order valence-electron chi connectivity index (χ4n) is 4.14. The number of ether oxygens (including phenoxy) is 1. The first-order valence-corrected chi connectivity index (χ1v) is 11.7. The number of nitrogens with zero attached hydrogens (tertiary/aromatic N) is 4. The molecular formula is C25H37N5O4. The highest BCUT2D eigenvalue weighted by molar-refractivity contribution is 5.76. The van der Waals surface area contributed by atoms with Crippen LogP contribution in [-0.4, -0.2) is 55.5 Å². The summed E-state index contributed by atoms with van der Waals surface area (Å²) >= 11 is 0. The monoisotopic (exact) mass is 471 g/mol. The number of hydrogen-bond donors (Lipinski definition) is 2. The van der Waals surface area contributed by atoms with Crippen molar-refractivity contribution in [1.29, 1.82) is 0 Å². The lowest BCUT2D eigenvalue weighted by Gasteiger charge is -2.39. The summed E-state index contributed by atoms with van der Waals surface area (Å²) in [5.41, 5.74) is -0.180. The minimum atomic E-state index is -0.978. The summed E-state index contributed by atoms with van der Waals surface area (Å²) in [6, 6.07) is 7.55. The molecular weight excluding hydrogens is 434 g/mol. The second kappa shape index (κ2) is 9.27. The predicted octanol–water partition coefficient (Wildman–Crippen LogP) is 4.73. The van der Waals surface area contributed by atoms with Crippen molar-refractivity contribution in [3.8, 4) is 0 Å². The standard InChI is InChI=1S/C25H37N5O4/c1-17-15-20(30(28-17)23(2,3)4)27-19-10-8-9-18(26-19)16-25(21(31)32)11-13-29(14-12-25)22(33)34-24(5,6)7/h8-10,15H,11-14,16H2,1-7H3,(H,26,27)(H,31,32). The number of nitrogens with one attached hydrogen (secondary N) is 1. The highest BCUT2D eigenvalue weighted by Gasteiger charge is 2.43. The van der Waals surface area contributed by atoms with Gasteiger partial charge in [-0.3, -0.25) is 4.79 Å². The molecule has 34 heavy (non-hydrogen) atoms. The number of carbonyl (C=O) groups excluding carboxylic acids is 1. The summed E-state index contributed by atoms with van der Waals surface area (Å²) in [5.74, 6) is 0.598. The van der Waals surface area contributed by atoms with Gasteiger partial charge in [0.05, 0.1) is 16.6 Å². The van der Waals surface area contributed by atoms with Gasteiger partial charge in [0.15, 0.2) is 0 Å². The highest BCUT2D eigenvalue weighted by atomic mass is 16.6. The average Bonchev–Trinajstić information content (AvgIpc) is 3.08. The number of carboxylic acid groups (broad SMARTS) is 1. The second-order valence-corrected chi connectivity index (χ2v) is 11.1. The van der Waals surface area contributed by atoms with Crippen LogP contribution in [0.25, 0.3) is 0 Å². The molecule has 3 rings (SSSR count). The molecule has 0 aromatic carbocycles. The van der Waals surface area contributed by atoms with Crippen molar-refractivity contribution >= 4 is 23.7 Å². The number of amides is 1. The Morgan fingerprint density at radius 2 is 1.79 bits per heavy atom. The third kappa shape index (κ3) is 6.07. The second-order valence-electron chi connectivity index (χ2n) is 11.1. The maximum absolute atomic E-state index is 12.4. The highest BCUT2D eigenvalue weighted by Crippen LogP contribution is 2.36.